The van der Waals surface area contributed by atoms with Crippen molar-refractivity contribution < 1.29 is 8.83 Å². The standard InChI is InChI=1S/C8H13N.C7H12N2.C7H11N.C7H10O.C7H10S.C6H10N2.C6H8O.C6H8S/c1-6-5-7(2)9(4)8(6)3;1-5-6(2)9(4)7(3)8-5;1-6-4-5-7(2)8(6)3;2*1-5-4-6(2)8-7(5)3;1-5-4-6(2)8(3)7-5;2*1-5-3-4-6(2)7-5/h5H,1-4H3;1-4H3;4-5H,1-3H3;3*4H,1-3H3;2*3-4H,1-2H3. The molecule has 8 nitrogen and oxygen atoms in total. The topological polar surface area (TPSA) is 71.8 Å². The summed E-state index contributed by atoms with van der Waals surface area (Å²) >= 11 is 3.71. The van der Waals surface area contributed by atoms with E-state index < -0.39 is 0 Å². The number of imidazole rings is 1. The molecule has 0 bridgehead atoms. The first kappa shape index (κ1) is 57.0. The van der Waals surface area contributed by atoms with Crippen molar-refractivity contribution in [3.63, 3.8) is 0 Å². The van der Waals surface area contributed by atoms with Gasteiger partial charge in [-0.05, 0) is 216 Å². The Morgan fingerprint density at radius 1 is 0.422 bits per heavy atom. The van der Waals surface area contributed by atoms with E-state index in [1.807, 2.05) is 122 Å². The number of thiophene rings is 2. The molecule has 10 heteroatoms. The summed E-state index contributed by atoms with van der Waals surface area (Å²) in [7, 11) is 8.15. The first-order valence-corrected chi connectivity index (χ1v) is 23.5. The van der Waals surface area contributed by atoms with E-state index in [2.05, 4.69) is 157 Å². The molecule has 0 aliphatic heterocycles. The van der Waals surface area contributed by atoms with Gasteiger partial charge in [-0.1, -0.05) is 0 Å². The zero-order valence-corrected chi connectivity index (χ0v) is 45.7. The van der Waals surface area contributed by atoms with E-state index in [0.717, 1.165) is 40.3 Å². The van der Waals surface area contributed by atoms with Crippen molar-refractivity contribution in [2.45, 2.75) is 138 Å². The zero-order valence-electron chi connectivity index (χ0n) is 44.1. The van der Waals surface area contributed by atoms with E-state index in [9.17, 15) is 0 Å². The van der Waals surface area contributed by atoms with Gasteiger partial charge in [0.05, 0.1) is 11.4 Å². The highest BCUT2D eigenvalue weighted by molar-refractivity contribution is 7.12. The molecule has 0 N–H and O–H groups in total. The molecule has 0 fully saturated rings. The highest BCUT2D eigenvalue weighted by atomic mass is 32.1. The molecule has 0 radical (unpaired) electrons. The van der Waals surface area contributed by atoms with Crippen LogP contribution < -0.4 is 0 Å². The molecule has 8 heterocycles. The third-order valence-corrected chi connectivity index (χ3v) is 13.0. The maximum absolute atomic E-state index is 5.21. The number of aromatic nitrogens is 6. The molecular weight excluding hydrogens is 829 g/mol. The monoisotopic (exact) mass is 911 g/mol. The predicted molar refractivity (Wildman–Crippen MR) is 278 cm³/mol. The Morgan fingerprint density at radius 3 is 1.08 bits per heavy atom. The molecule has 8 aromatic rings. The lowest BCUT2D eigenvalue weighted by atomic mass is 10.3. The molecule has 0 saturated heterocycles. The molecule has 8 rings (SSSR count). The zero-order chi connectivity index (χ0) is 49.2. The Morgan fingerprint density at radius 2 is 0.953 bits per heavy atom. The van der Waals surface area contributed by atoms with Gasteiger partial charge in [0.2, 0.25) is 0 Å². The van der Waals surface area contributed by atoms with Crippen LogP contribution in [0.5, 0.6) is 0 Å². The summed E-state index contributed by atoms with van der Waals surface area (Å²) in [5.41, 5.74) is 14.1. The lowest BCUT2D eigenvalue weighted by Crippen LogP contribution is -1.92. The summed E-state index contributed by atoms with van der Waals surface area (Å²) in [6.07, 6.45) is 0. The second-order valence-corrected chi connectivity index (χ2v) is 19.7. The van der Waals surface area contributed by atoms with Crippen molar-refractivity contribution in [3.05, 3.63) is 171 Å². The van der Waals surface area contributed by atoms with Crippen LogP contribution in [0.3, 0.4) is 0 Å². The van der Waals surface area contributed by atoms with Crippen LogP contribution in [0.15, 0.2) is 69.5 Å². The molecule has 0 aliphatic rings. The molecule has 8 aromatic heterocycles. The molecule has 0 aromatic carbocycles. The Kier molecular flexibility index (Phi) is 24.3. The van der Waals surface area contributed by atoms with Crippen molar-refractivity contribution in [2.75, 3.05) is 0 Å². The van der Waals surface area contributed by atoms with E-state index in [4.69, 9.17) is 8.83 Å². The number of rotatable bonds is 0. The van der Waals surface area contributed by atoms with Crippen LogP contribution in [0.2, 0.25) is 0 Å². The Balaban J connectivity index is 0.000000366. The molecule has 64 heavy (non-hydrogen) atoms. The quantitative estimate of drug-likeness (QED) is 0.152. The molecule has 0 atom stereocenters. The summed E-state index contributed by atoms with van der Waals surface area (Å²) in [6.45, 7) is 41.3. The normalized spacial score (nSPS) is 9.88. The Hall–Kier alpha value is -5.06. The van der Waals surface area contributed by atoms with Crippen LogP contribution in [0.25, 0.3) is 0 Å². The van der Waals surface area contributed by atoms with Crippen LogP contribution in [0, 0.1) is 138 Å². The van der Waals surface area contributed by atoms with E-state index in [-0.39, 0.29) is 0 Å². The molecule has 0 saturated carbocycles. The van der Waals surface area contributed by atoms with E-state index in [0.29, 0.717) is 0 Å². The lowest BCUT2D eigenvalue weighted by Gasteiger charge is -1.97. The lowest BCUT2D eigenvalue weighted by molar-refractivity contribution is 0.502. The molecular formula is C54H82N6O2S2. The summed E-state index contributed by atoms with van der Waals surface area (Å²) < 4.78 is 18.6. The minimum absolute atomic E-state index is 0.984. The maximum atomic E-state index is 5.21. The van der Waals surface area contributed by atoms with Crippen molar-refractivity contribution in [2.24, 2.45) is 28.2 Å². The molecule has 0 unspecified atom stereocenters. The van der Waals surface area contributed by atoms with Crippen molar-refractivity contribution >= 4 is 22.7 Å². The van der Waals surface area contributed by atoms with Crippen LogP contribution in [0.1, 0.15) is 111 Å². The van der Waals surface area contributed by atoms with Gasteiger partial charge >= 0.3 is 0 Å². The van der Waals surface area contributed by atoms with Crippen molar-refractivity contribution in [3.8, 4) is 0 Å². The first-order chi connectivity index (χ1) is 29.6. The highest BCUT2D eigenvalue weighted by Gasteiger charge is 2.01. The summed E-state index contributed by atoms with van der Waals surface area (Å²) in [6, 6.07) is 20.9. The fraction of sp³-hybridized carbons (Fsp3) is 0.444. The van der Waals surface area contributed by atoms with Gasteiger partial charge in [0.1, 0.15) is 28.9 Å². The average Bonchev–Trinajstić information content (AvgIpc) is 4.10. The first-order valence-electron chi connectivity index (χ1n) is 21.9. The van der Waals surface area contributed by atoms with Gasteiger partial charge in [-0.2, -0.15) is 5.10 Å². The van der Waals surface area contributed by atoms with Crippen LogP contribution in [0.4, 0.5) is 0 Å². The largest absolute Gasteiger partial charge is 0.467 e. The summed E-state index contributed by atoms with van der Waals surface area (Å²) in [5.74, 6) is 5.09. The van der Waals surface area contributed by atoms with E-state index in [1.54, 1.807) is 0 Å². The molecule has 352 valence electrons. The fourth-order valence-electron chi connectivity index (χ4n) is 6.04. The minimum Gasteiger partial charge on any atom is -0.467 e. The van der Waals surface area contributed by atoms with Gasteiger partial charge in [-0.15, -0.1) is 22.7 Å². The Bertz CT molecular complexity index is 2220. The number of hydrogen-bond donors (Lipinski definition) is 0. The number of hydrogen-bond acceptors (Lipinski definition) is 6. The van der Waals surface area contributed by atoms with Crippen LogP contribution >= 0.6 is 22.7 Å². The summed E-state index contributed by atoms with van der Waals surface area (Å²) in [5, 5.41) is 4.13. The molecule has 0 spiro atoms. The second kappa shape index (κ2) is 27.3. The molecule has 0 amide bonds. The fourth-order valence-corrected chi connectivity index (χ4v) is 7.76. The van der Waals surface area contributed by atoms with Gasteiger partial charge in [0, 0.05) is 81.9 Å². The van der Waals surface area contributed by atoms with Gasteiger partial charge in [0.25, 0.3) is 0 Å². The third kappa shape index (κ3) is 20.2. The smallest absolute Gasteiger partial charge is 0.105 e. The SMILES string of the molecule is Cc1cc(C)c(C)o1.Cc1cc(C)c(C)s1.Cc1cc(C)n(C)c1C.Cc1cc(C)n(C)n1.Cc1ccc(C)n1C.Cc1ccc(C)o1.Cc1ccc(C)s1.Cc1nc(C)n(C)c1C. The minimum atomic E-state index is 0.984. The number of nitrogens with zero attached hydrogens (tertiary/aromatic N) is 6. The maximum Gasteiger partial charge on any atom is 0.105 e. The van der Waals surface area contributed by atoms with Crippen LogP contribution in [-0.4, -0.2) is 28.5 Å². The molecule has 0 aliphatic carbocycles. The predicted octanol–water partition coefficient (Wildman–Crippen LogP) is 15.1. The van der Waals surface area contributed by atoms with Crippen molar-refractivity contribution in [1.29, 1.82) is 0 Å². The van der Waals surface area contributed by atoms with E-state index >= 15 is 0 Å². The number of furan rings is 2. The van der Waals surface area contributed by atoms with Gasteiger partial charge in [-0.25, -0.2) is 4.98 Å². The Labute approximate surface area is 396 Å². The van der Waals surface area contributed by atoms with Gasteiger partial charge < -0.3 is 22.5 Å². The van der Waals surface area contributed by atoms with Gasteiger partial charge in [-0.3, -0.25) is 4.68 Å². The third-order valence-electron chi connectivity index (χ3n) is 11.1. The summed E-state index contributed by atoms with van der Waals surface area (Å²) in [4.78, 5) is 9.94. The average molecular weight is 911 g/mol. The number of aryl methyl sites for hydroxylation is 19. The van der Waals surface area contributed by atoms with E-state index in [1.165, 1.54) is 70.4 Å². The second-order valence-electron chi connectivity index (χ2n) is 16.7. The van der Waals surface area contributed by atoms with Crippen molar-refractivity contribution in [1.82, 2.24) is 28.5 Å². The van der Waals surface area contributed by atoms with Gasteiger partial charge in [0.15, 0.2) is 0 Å². The van der Waals surface area contributed by atoms with Crippen LogP contribution in [-0.2, 0) is 28.2 Å². The highest BCUT2D eigenvalue weighted by Crippen LogP contribution is 2.18.